The molecule has 0 heterocycles. The van der Waals surface area contributed by atoms with Crippen LogP contribution >= 0.6 is 11.6 Å². The molecule has 1 aromatic rings. The molecule has 0 aliphatic heterocycles. The Labute approximate surface area is 113 Å². The molecule has 100 valence electrons. The number of benzene rings is 1. The number of carbonyl (C=O) groups excluding carboxylic acids is 1. The van der Waals surface area contributed by atoms with E-state index >= 15 is 0 Å². The van der Waals surface area contributed by atoms with E-state index in [0.29, 0.717) is 0 Å². The van der Waals surface area contributed by atoms with Gasteiger partial charge in [0.05, 0.1) is 12.1 Å². The van der Waals surface area contributed by atoms with Gasteiger partial charge < -0.3 is 10.1 Å². The summed E-state index contributed by atoms with van der Waals surface area (Å²) in [4.78, 5) is 11.5. The Morgan fingerprint density at radius 2 is 1.94 bits per heavy atom. The number of nitrogens with one attached hydrogen (secondary N) is 1. The van der Waals surface area contributed by atoms with Crippen molar-refractivity contribution >= 4 is 17.5 Å². The molecule has 4 heteroatoms. The molecule has 0 saturated carbocycles. The van der Waals surface area contributed by atoms with Crippen molar-refractivity contribution in [2.24, 2.45) is 0 Å². The van der Waals surface area contributed by atoms with Crippen molar-refractivity contribution in [1.82, 2.24) is 5.32 Å². The predicted octanol–water partition coefficient (Wildman–Crippen LogP) is 3.28. The second-order valence-corrected chi connectivity index (χ2v) is 5.24. The number of carbonyl (C=O) groups is 1. The van der Waals surface area contributed by atoms with Crippen LogP contribution in [0.4, 0.5) is 0 Å². The molecule has 18 heavy (non-hydrogen) atoms. The number of rotatable bonds is 5. The maximum atomic E-state index is 11.5. The molecule has 1 N–H and O–H groups in total. The Morgan fingerprint density at radius 3 is 2.50 bits per heavy atom. The molecule has 1 amide bonds. The van der Waals surface area contributed by atoms with Crippen LogP contribution in [0.3, 0.4) is 0 Å². The van der Waals surface area contributed by atoms with E-state index in [0.717, 1.165) is 11.3 Å². The highest BCUT2D eigenvalue weighted by Crippen LogP contribution is 2.20. The van der Waals surface area contributed by atoms with Gasteiger partial charge in [-0.25, -0.2) is 0 Å². The normalized spacial score (nSPS) is 14.1. The van der Waals surface area contributed by atoms with E-state index in [1.165, 1.54) is 0 Å². The minimum Gasteiger partial charge on any atom is -0.491 e. The molecule has 0 radical (unpaired) electrons. The summed E-state index contributed by atoms with van der Waals surface area (Å²) in [5, 5.41) is 2.32. The lowest BCUT2D eigenvalue weighted by molar-refractivity contribution is -0.121. The first kappa shape index (κ1) is 14.8. The summed E-state index contributed by atoms with van der Waals surface area (Å²) in [5.74, 6) is 0.641. The molecule has 2 atom stereocenters. The van der Waals surface area contributed by atoms with Gasteiger partial charge in [-0.1, -0.05) is 12.1 Å². The van der Waals surface area contributed by atoms with Crippen LogP contribution in [0, 0.1) is 0 Å². The summed E-state index contributed by atoms with van der Waals surface area (Å²) in [6.45, 7) is 7.54. The molecule has 0 fully saturated rings. The molecule has 3 nitrogen and oxygen atoms in total. The van der Waals surface area contributed by atoms with Gasteiger partial charge in [-0.2, -0.15) is 0 Å². The molecular formula is C14H20ClNO2. The van der Waals surface area contributed by atoms with Crippen LogP contribution in [0.5, 0.6) is 5.75 Å². The fraction of sp³-hybridized carbons (Fsp3) is 0.500. The molecule has 0 bridgehead atoms. The van der Waals surface area contributed by atoms with Crippen LogP contribution in [-0.2, 0) is 4.79 Å². The number of alkyl halides is 1. The van der Waals surface area contributed by atoms with E-state index in [-0.39, 0.29) is 18.1 Å². The summed E-state index contributed by atoms with van der Waals surface area (Å²) in [7, 11) is 0. The Balaban J connectivity index is 2.73. The highest BCUT2D eigenvalue weighted by atomic mass is 35.5. The summed E-state index contributed by atoms with van der Waals surface area (Å²) >= 11 is 5.72. The van der Waals surface area contributed by atoms with Crippen molar-refractivity contribution in [1.29, 1.82) is 0 Å². The summed E-state index contributed by atoms with van der Waals surface area (Å²) in [5.41, 5.74) is 0.999. The van der Waals surface area contributed by atoms with Crippen LogP contribution in [0.25, 0.3) is 0 Å². The number of hydrogen-bond donors (Lipinski definition) is 1. The zero-order valence-corrected chi connectivity index (χ0v) is 12.0. The third-order valence-corrected chi connectivity index (χ3v) is 2.65. The van der Waals surface area contributed by atoms with E-state index < -0.39 is 5.38 Å². The number of halogens is 1. The zero-order valence-electron chi connectivity index (χ0n) is 11.2. The van der Waals surface area contributed by atoms with Crippen molar-refractivity contribution in [3.05, 3.63) is 29.8 Å². The zero-order chi connectivity index (χ0) is 13.7. The van der Waals surface area contributed by atoms with Crippen LogP contribution in [0.2, 0.25) is 0 Å². The lowest BCUT2D eigenvalue weighted by Crippen LogP contribution is -2.31. The molecule has 0 aliphatic carbocycles. The largest absolute Gasteiger partial charge is 0.491 e. The fourth-order valence-corrected chi connectivity index (χ4v) is 1.60. The van der Waals surface area contributed by atoms with Gasteiger partial charge in [0.2, 0.25) is 5.91 Å². The first-order valence-electron chi connectivity index (χ1n) is 6.11. The van der Waals surface area contributed by atoms with Crippen LogP contribution in [0.15, 0.2) is 24.3 Å². The van der Waals surface area contributed by atoms with E-state index in [1.54, 1.807) is 6.92 Å². The van der Waals surface area contributed by atoms with Crippen molar-refractivity contribution in [2.45, 2.75) is 45.2 Å². The summed E-state index contributed by atoms with van der Waals surface area (Å²) in [6, 6.07) is 7.62. The van der Waals surface area contributed by atoms with E-state index in [4.69, 9.17) is 16.3 Å². The van der Waals surface area contributed by atoms with Crippen LogP contribution in [-0.4, -0.2) is 17.4 Å². The highest BCUT2D eigenvalue weighted by molar-refractivity contribution is 6.30. The van der Waals surface area contributed by atoms with Gasteiger partial charge in [0.15, 0.2) is 0 Å². The van der Waals surface area contributed by atoms with E-state index in [1.807, 2.05) is 45.0 Å². The third-order valence-electron chi connectivity index (χ3n) is 2.45. The standard InChI is InChI=1S/C14H20ClNO2/c1-9(2)18-13-7-5-6-12(8-13)11(4)16-14(17)10(3)15/h5-11H,1-4H3,(H,16,17). The monoisotopic (exact) mass is 269 g/mol. The molecule has 1 rings (SSSR count). The van der Waals surface area contributed by atoms with Crippen molar-refractivity contribution < 1.29 is 9.53 Å². The van der Waals surface area contributed by atoms with Crippen molar-refractivity contribution in [3.63, 3.8) is 0 Å². The molecular weight excluding hydrogens is 250 g/mol. The lowest BCUT2D eigenvalue weighted by atomic mass is 10.1. The van der Waals surface area contributed by atoms with Gasteiger partial charge in [-0.15, -0.1) is 11.6 Å². The van der Waals surface area contributed by atoms with Gasteiger partial charge >= 0.3 is 0 Å². The van der Waals surface area contributed by atoms with E-state index in [9.17, 15) is 4.79 Å². The van der Waals surface area contributed by atoms with Gasteiger partial charge in [0.25, 0.3) is 0 Å². The van der Waals surface area contributed by atoms with E-state index in [2.05, 4.69) is 5.32 Å². The van der Waals surface area contributed by atoms with Gasteiger partial charge in [-0.05, 0) is 45.4 Å². The van der Waals surface area contributed by atoms with Gasteiger partial charge in [-0.3, -0.25) is 4.79 Å². The molecule has 0 saturated heterocycles. The van der Waals surface area contributed by atoms with Crippen LogP contribution in [0.1, 0.15) is 39.3 Å². The van der Waals surface area contributed by atoms with Crippen molar-refractivity contribution in [3.8, 4) is 5.75 Å². The lowest BCUT2D eigenvalue weighted by Gasteiger charge is -2.17. The summed E-state index contributed by atoms with van der Waals surface area (Å²) in [6.07, 6.45) is 0.132. The van der Waals surface area contributed by atoms with Gasteiger partial charge in [0, 0.05) is 0 Å². The first-order chi connectivity index (χ1) is 8.40. The Morgan fingerprint density at radius 1 is 1.28 bits per heavy atom. The Bertz CT molecular complexity index is 405. The van der Waals surface area contributed by atoms with Crippen LogP contribution < -0.4 is 10.1 Å². The quantitative estimate of drug-likeness (QED) is 0.833. The summed E-state index contributed by atoms with van der Waals surface area (Å²) < 4.78 is 5.62. The number of ether oxygens (including phenoxy) is 1. The molecule has 0 aromatic heterocycles. The average molecular weight is 270 g/mol. The van der Waals surface area contributed by atoms with Gasteiger partial charge in [0.1, 0.15) is 11.1 Å². The topological polar surface area (TPSA) is 38.3 Å². The number of amides is 1. The Hall–Kier alpha value is -1.22. The maximum Gasteiger partial charge on any atom is 0.238 e. The Kier molecular flexibility index (Phi) is 5.48. The molecule has 0 aliphatic rings. The third kappa shape index (κ3) is 4.57. The second kappa shape index (κ2) is 6.64. The number of hydrogen-bond acceptors (Lipinski definition) is 2. The minimum atomic E-state index is -0.525. The minimum absolute atomic E-state index is 0.0885. The van der Waals surface area contributed by atoms with Crippen molar-refractivity contribution in [2.75, 3.05) is 0 Å². The molecule has 0 spiro atoms. The fourth-order valence-electron chi connectivity index (χ4n) is 1.54. The smallest absolute Gasteiger partial charge is 0.238 e. The SMILES string of the molecule is CC(C)Oc1cccc(C(C)NC(=O)C(C)Cl)c1. The predicted molar refractivity (Wildman–Crippen MR) is 74.1 cm³/mol. The molecule has 2 unspecified atom stereocenters. The highest BCUT2D eigenvalue weighted by Gasteiger charge is 2.14. The second-order valence-electron chi connectivity index (χ2n) is 4.59. The first-order valence-corrected chi connectivity index (χ1v) is 6.55. The molecule has 1 aromatic carbocycles. The average Bonchev–Trinajstić information content (AvgIpc) is 2.28. The maximum absolute atomic E-state index is 11.5.